The molecule has 2 aromatic carbocycles. The molecule has 3 rings (SSSR count). The zero-order chi connectivity index (χ0) is 21.0. The van der Waals surface area contributed by atoms with E-state index >= 15 is 0 Å². The molecule has 152 valence electrons. The minimum atomic E-state index is -4.36. The average molecular weight is 418 g/mol. The number of benzene rings is 2. The van der Waals surface area contributed by atoms with E-state index in [-0.39, 0.29) is 18.4 Å². The zero-order valence-corrected chi connectivity index (χ0v) is 16.9. The molecule has 1 heterocycles. The van der Waals surface area contributed by atoms with E-state index in [4.69, 9.17) is 0 Å². The minimum absolute atomic E-state index is 0.0341. The van der Waals surface area contributed by atoms with Gasteiger partial charge in [0.15, 0.2) is 0 Å². The van der Waals surface area contributed by atoms with Crippen molar-refractivity contribution in [2.75, 3.05) is 0 Å². The van der Waals surface area contributed by atoms with E-state index in [0.717, 1.165) is 17.7 Å². The minimum Gasteiger partial charge on any atom is -0.336 e. The summed E-state index contributed by atoms with van der Waals surface area (Å²) < 4.78 is 38.1. The number of hydrogen-bond donors (Lipinski definition) is 0. The molecule has 0 N–H and O–H groups in total. The molecule has 1 aromatic heterocycles. The number of nitrogens with zero attached hydrogens (tertiary/aromatic N) is 2. The summed E-state index contributed by atoms with van der Waals surface area (Å²) in [4.78, 5) is 19.1. The van der Waals surface area contributed by atoms with Crippen molar-refractivity contribution in [3.63, 3.8) is 0 Å². The summed E-state index contributed by atoms with van der Waals surface area (Å²) in [6.45, 7) is 4.46. The fraction of sp³-hybridized carbons (Fsp3) is 0.273. The van der Waals surface area contributed by atoms with Crippen LogP contribution in [0.2, 0.25) is 0 Å². The van der Waals surface area contributed by atoms with Crippen LogP contribution in [0.3, 0.4) is 0 Å². The molecule has 29 heavy (non-hydrogen) atoms. The summed E-state index contributed by atoms with van der Waals surface area (Å²) in [6.07, 6.45) is -4.21. The average Bonchev–Trinajstić information content (AvgIpc) is 3.14. The summed E-state index contributed by atoms with van der Waals surface area (Å²) >= 11 is 1.32. The van der Waals surface area contributed by atoms with Gasteiger partial charge in [-0.05, 0) is 31.5 Å². The molecule has 0 saturated heterocycles. The first-order chi connectivity index (χ1) is 13.7. The Morgan fingerprint density at radius 3 is 2.31 bits per heavy atom. The lowest BCUT2D eigenvalue weighted by Gasteiger charge is -2.26. The maximum atomic E-state index is 12.8. The molecule has 0 aliphatic carbocycles. The van der Waals surface area contributed by atoms with E-state index in [2.05, 4.69) is 4.98 Å². The number of rotatable bonds is 6. The topological polar surface area (TPSA) is 33.2 Å². The molecular formula is C22H21F3N2OS. The van der Waals surface area contributed by atoms with E-state index in [1.807, 2.05) is 44.2 Å². The smallest absolute Gasteiger partial charge is 0.336 e. The first-order valence-electron chi connectivity index (χ1n) is 9.19. The molecule has 0 aliphatic heterocycles. The van der Waals surface area contributed by atoms with Gasteiger partial charge in [-0.25, -0.2) is 4.98 Å². The van der Waals surface area contributed by atoms with Crippen LogP contribution in [0, 0.1) is 0 Å². The second kappa shape index (κ2) is 8.78. The van der Waals surface area contributed by atoms with E-state index in [9.17, 15) is 18.0 Å². The highest BCUT2D eigenvalue weighted by atomic mass is 32.1. The Balaban J connectivity index is 1.70. The molecule has 0 fully saturated rings. The van der Waals surface area contributed by atoms with E-state index in [0.29, 0.717) is 22.8 Å². The number of hydrogen-bond acceptors (Lipinski definition) is 3. The van der Waals surface area contributed by atoms with Gasteiger partial charge in [0, 0.05) is 23.5 Å². The highest BCUT2D eigenvalue weighted by molar-refractivity contribution is 7.13. The summed E-state index contributed by atoms with van der Waals surface area (Å²) in [5.41, 5.74) is 1.58. The lowest BCUT2D eigenvalue weighted by molar-refractivity contribution is -0.137. The quantitative estimate of drug-likeness (QED) is 0.506. The number of thiazole rings is 1. The largest absolute Gasteiger partial charge is 0.416 e. The molecule has 0 bridgehead atoms. The van der Waals surface area contributed by atoms with Crippen LogP contribution in [0.5, 0.6) is 0 Å². The van der Waals surface area contributed by atoms with Gasteiger partial charge in [0.2, 0.25) is 5.91 Å². The maximum Gasteiger partial charge on any atom is 0.416 e. The van der Waals surface area contributed by atoms with Crippen molar-refractivity contribution >= 4 is 17.2 Å². The number of halogens is 3. The van der Waals surface area contributed by atoms with Crippen LogP contribution in [0.25, 0.3) is 10.6 Å². The Bertz CT molecular complexity index is 950. The normalized spacial score (nSPS) is 11.7. The second-order valence-corrected chi connectivity index (χ2v) is 7.85. The van der Waals surface area contributed by atoms with Crippen molar-refractivity contribution < 1.29 is 18.0 Å². The van der Waals surface area contributed by atoms with Gasteiger partial charge < -0.3 is 4.90 Å². The summed E-state index contributed by atoms with van der Waals surface area (Å²) in [5.74, 6) is -0.0341. The molecule has 3 aromatic rings. The van der Waals surface area contributed by atoms with Crippen molar-refractivity contribution in [2.45, 2.75) is 39.0 Å². The van der Waals surface area contributed by atoms with Gasteiger partial charge in [-0.1, -0.05) is 42.5 Å². The molecule has 0 radical (unpaired) electrons. The van der Waals surface area contributed by atoms with Crippen molar-refractivity contribution in [1.29, 1.82) is 0 Å². The van der Waals surface area contributed by atoms with Crippen molar-refractivity contribution in [1.82, 2.24) is 9.88 Å². The van der Waals surface area contributed by atoms with Crippen molar-refractivity contribution in [2.24, 2.45) is 0 Å². The van der Waals surface area contributed by atoms with Crippen molar-refractivity contribution in [3.8, 4) is 10.6 Å². The van der Waals surface area contributed by atoms with Crippen LogP contribution in [0.4, 0.5) is 13.2 Å². The molecule has 0 atom stereocenters. The third kappa shape index (κ3) is 5.44. The monoisotopic (exact) mass is 418 g/mol. The first-order valence-corrected chi connectivity index (χ1v) is 10.1. The van der Waals surface area contributed by atoms with Crippen LogP contribution < -0.4 is 0 Å². The summed E-state index contributed by atoms with van der Waals surface area (Å²) in [6, 6.07) is 14.7. The summed E-state index contributed by atoms with van der Waals surface area (Å²) in [5, 5.41) is 2.38. The van der Waals surface area contributed by atoms with Crippen LogP contribution in [-0.2, 0) is 23.9 Å². The van der Waals surface area contributed by atoms with Crippen LogP contribution in [0.1, 0.15) is 30.7 Å². The molecular weight excluding hydrogens is 397 g/mol. The predicted octanol–water partition coefficient (Wildman–Crippen LogP) is 5.81. The third-order valence-electron chi connectivity index (χ3n) is 4.48. The first kappa shape index (κ1) is 21.0. The van der Waals surface area contributed by atoms with E-state index in [1.165, 1.54) is 23.5 Å². The maximum absolute atomic E-state index is 12.8. The molecule has 7 heteroatoms. The van der Waals surface area contributed by atoms with Gasteiger partial charge >= 0.3 is 6.18 Å². The van der Waals surface area contributed by atoms with Gasteiger partial charge in [0.25, 0.3) is 0 Å². The lowest BCUT2D eigenvalue weighted by atomic mass is 10.1. The van der Waals surface area contributed by atoms with Gasteiger partial charge in [0.1, 0.15) is 5.01 Å². The fourth-order valence-corrected chi connectivity index (χ4v) is 3.74. The number of carbonyl (C=O) groups is 1. The fourth-order valence-electron chi connectivity index (χ4n) is 2.92. The molecule has 0 saturated carbocycles. The van der Waals surface area contributed by atoms with Gasteiger partial charge in [-0.3, -0.25) is 4.79 Å². The molecule has 1 amide bonds. The van der Waals surface area contributed by atoms with E-state index in [1.54, 1.807) is 10.3 Å². The SMILES string of the molecule is CC(C)N(Cc1ccccc1)C(=O)Cc1csc(-c2ccc(C(F)(F)F)cc2)n1. The molecule has 0 spiro atoms. The number of aromatic nitrogens is 1. The van der Waals surface area contributed by atoms with Gasteiger partial charge in [-0.15, -0.1) is 11.3 Å². The highest BCUT2D eigenvalue weighted by Gasteiger charge is 2.30. The van der Waals surface area contributed by atoms with Crippen molar-refractivity contribution in [3.05, 3.63) is 76.8 Å². The second-order valence-electron chi connectivity index (χ2n) is 7.00. The van der Waals surface area contributed by atoms with Crippen LogP contribution in [0.15, 0.2) is 60.0 Å². The Labute approximate surface area is 171 Å². The summed E-state index contributed by atoms with van der Waals surface area (Å²) in [7, 11) is 0. The highest BCUT2D eigenvalue weighted by Crippen LogP contribution is 2.31. The lowest BCUT2D eigenvalue weighted by Crippen LogP contribution is -2.37. The number of carbonyl (C=O) groups excluding carboxylic acids is 1. The predicted molar refractivity (Wildman–Crippen MR) is 108 cm³/mol. The van der Waals surface area contributed by atoms with Gasteiger partial charge in [0.05, 0.1) is 17.7 Å². The standard InChI is InChI=1S/C22H21F3N2OS/c1-15(2)27(13-16-6-4-3-5-7-16)20(28)12-19-14-29-21(26-19)17-8-10-18(11-9-17)22(23,24)25/h3-11,14-15H,12-13H2,1-2H3. The van der Waals surface area contributed by atoms with Gasteiger partial charge in [-0.2, -0.15) is 13.2 Å². The molecule has 0 aliphatic rings. The third-order valence-corrected chi connectivity index (χ3v) is 5.42. The van der Waals surface area contributed by atoms with Crippen LogP contribution >= 0.6 is 11.3 Å². The number of alkyl halides is 3. The Morgan fingerprint density at radius 2 is 1.72 bits per heavy atom. The molecule has 3 nitrogen and oxygen atoms in total. The number of amides is 1. The van der Waals surface area contributed by atoms with Crippen LogP contribution in [-0.4, -0.2) is 21.8 Å². The Morgan fingerprint density at radius 1 is 1.07 bits per heavy atom. The Hall–Kier alpha value is -2.67. The zero-order valence-electron chi connectivity index (χ0n) is 16.1. The van der Waals surface area contributed by atoms with E-state index < -0.39 is 11.7 Å². The Kier molecular flexibility index (Phi) is 6.37. The molecule has 0 unspecified atom stereocenters.